The first-order valence-electron chi connectivity index (χ1n) is 11.9. The molecule has 0 aliphatic rings. The van der Waals surface area contributed by atoms with Gasteiger partial charge in [0.25, 0.3) is 10.0 Å². The van der Waals surface area contributed by atoms with Crippen LogP contribution in [0.5, 0.6) is 0 Å². The van der Waals surface area contributed by atoms with Gasteiger partial charge in [-0.25, -0.2) is 12.8 Å². The van der Waals surface area contributed by atoms with Crippen molar-refractivity contribution in [3.05, 3.63) is 94.2 Å². The summed E-state index contributed by atoms with van der Waals surface area (Å²) < 4.78 is 41.8. The second kappa shape index (κ2) is 13.1. The lowest BCUT2D eigenvalue weighted by molar-refractivity contribution is -0.139. The molecule has 1 N–H and O–H groups in total. The maximum atomic E-state index is 13.8. The van der Waals surface area contributed by atoms with Gasteiger partial charge in [0, 0.05) is 13.1 Å². The average molecular weight is 581 g/mol. The van der Waals surface area contributed by atoms with Crippen molar-refractivity contribution in [2.45, 2.75) is 37.8 Å². The van der Waals surface area contributed by atoms with E-state index in [0.717, 1.165) is 4.31 Å². The molecule has 3 aromatic carbocycles. The van der Waals surface area contributed by atoms with Gasteiger partial charge in [0.2, 0.25) is 11.8 Å². The lowest BCUT2D eigenvalue weighted by Gasteiger charge is -2.32. The topological polar surface area (TPSA) is 86.8 Å². The molecule has 0 fully saturated rings. The van der Waals surface area contributed by atoms with Gasteiger partial charge in [-0.05, 0) is 61.4 Å². The van der Waals surface area contributed by atoms with E-state index in [2.05, 4.69) is 5.32 Å². The van der Waals surface area contributed by atoms with Crippen LogP contribution in [0.1, 0.15) is 25.8 Å². The Morgan fingerprint density at radius 1 is 0.974 bits per heavy atom. The first kappa shape index (κ1) is 29.4. The number of carbonyl (C=O) groups is 2. The molecule has 7 nitrogen and oxygen atoms in total. The molecule has 38 heavy (non-hydrogen) atoms. The van der Waals surface area contributed by atoms with Crippen LogP contribution in [0.15, 0.2) is 77.7 Å². The second-order valence-corrected chi connectivity index (χ2v) is 11.2. The molecule has 0 aromatic heterocycles. The predicted molar refractivity (Wildman–Crippen MR) is 147 cm³/mol. The molecule has 0 heterocycles. The zero-order valence-corrected chi connectivity index (χ0v) is 23.2. The minimum absolute atomic E-state index is 0.0299. The molecule has 3 rings (SSSR count). The molecule has 0 spiro atoms. The second-order valence-electron chi connectivity index (χ2n) is 8.54. The van der Waals surface area contributed by atoms with E-state index >= 15 is 0 Å². The van der Waals surface area contributed by atoms with Gasteiger partial charge in [-0.1, -0.05) is 60.5 Å². The third-order valence-electron chi connectivity index (χ3n) is 5.78. The van der Waals surface area contributed by atoms with E-state index < -0.39 is 40.2 Å². The summed E-state index contributed by atoms with van der Waals surface area (Å²) in [5, 5.41) is 3.09. The summed E-state index contributed by atoms with van der Waals surface area (Å²) in [6.07, 6.45) is 0.699. The number of sulfonamides is 1. The monoisotopic (exact) mass is 579 g/mol. The zero-order valence-electron chi connectivity index (χ0n) is 20.9. The summed E-state index contributed by atoms with van der Waals surface area (Å²) in [5.41, 5.74) is 0.698. The predicted octanol–water partition coefficient (Wildman–Crippen LogP) is 5.27. The van der Waals surface area contributed by atoms with Crippen LogP contribution in [0.4, 0.5) is 10.1 Å². The van der Waals surface area contributed by atoms with Gasteiger partial charge in [0.1, 0.15) is 18.4 Å². The standard InChI is InChI=1S/C27H28Cl2FN3O4S/c1-3-15-31-27(35)19(2)32(17-20-9-11-21(30)12-10-20)26(34)18-33(22-13-14-24(28)25(29)16-22)38(36,37)23-7-5-4-6-8-23/h4-14,16,19H,3,15,17-18H2,1-2H3,(H,31,35)/t19-/m1/s1. The molecule has 1 atom stereocenters. The van der Waals surface area contributed by atoms with E-state index in [0.29, 0.717) is 18.5 Å². The number of carbonyl (C=O) groups excluding carboxylic acids is 2. The Morgan fingerprint density at radius 2 is 1.63 bits per heavy atom. The van der Waals surface area contributed by atoms with E-state index in [4.69, 9.17) is 23.2 Å². The van der Waals surface area contributed by atoms with Crippen molar-refractivity contribution in [1.29, 1.82) is 0 Å². The molecule has 0 aliphatic heterocycles. The van der Waals surface area contributed by atoms with E-state index in [1.807, 2.05) is 6.92 Å². The Bertz CT molecular complexity index is 1370. The highest BCUT2D eigenvalue weighted by atomic mass is 35.5. The van der Waals surface area contributed by atoms with Gasteiger partial charge in [0.05, 0.1) is 20.6 Å². The summed E-state index contributed by atoms with van der Waals surface area (Å²) in [7, 11) is -4.22. The number of nitrogens with one attached hydrogen (secondary N) is 1. The smallest absolute Gasteiger partial charge is 0.264 e. The highest BCUT2D eigenvalue weighted by Crippen LogP contribution is 2.30. The molecule has 0 saturated carbocycles. The van der Waals surface area contributed by atoms with Gasteiger partial charge in [0.15, 0.2) is 0 Å². The van der Waals surface area contributed by atoms with Crippen LogP contribution in [0.3, 0.4) is 0 Å². The van der Waals surface area contributed by atoms with Crippen molar-refractivity contribution >= 4 is 50.7 Å². The molecule has 0 saturated heterocycles. The summed E-state index contributed by atoms with van der Waals surface area (Å²) in [4.78, 5) is 27.8. The zero-order chi connectivity index (χ0) is 27.9. The van der Waals surface area contributed by atoms with E-state index in [-0.39, 0.29) is 27.2 Å². The molecule has 0 aliphatic carbocycles. The van der Waals surface area contributed by atoms with E-state index in [9.17, 15) is 22.4 Å². The lowest BCUT2D eigenvalue weighted by atomic mass is 10.1. The van der Waals surface area contributed by atoms with Crippen molar-refractivity contribution in [3.8, 4) is 0 Å². The molecule has 2 amide bonds. The summed E-state index contributed by atoms with van der Waals surface area (Å²) in [5.74, 6) is -1.48. The quantitative estimate of drug-likeness (QED) is 0.335. The number of nitrogens with zero attached hydrogens (tertiary/aromatic N) is 2. The molecule has 11 heteroatoms. The van der Waals surface area contributed by atoms with E-state index in [1.54, 1.807) is 25.1 Å². The van der Waals surface area contributed by atoms with Gasteiger partial charge in [-0.3, -0.25) is 13.9 Å². The van der Waals surface area contributed by atoms with Crippen LogP contribution >= 0.6 is 23.2 Å². The maximum Gasteiger partial charge on any atom is 0.264 e. The van der Waals surface area contributed by atoms with Crippen LogP contribution in [-0.4, -0.2) is 44.3 Å². The Labute approximate surface area is 232 Å². The highest BCUT2D eigenvalue weighted by Gasteiger charge is 2.32. The van der Waals surface area contributed by atoms with Crippen molar-refractivity contribution in [3.63, 3.8) is 0 Å². The van der Waals surface area contributed by atoms with Gasteiger partial charge < -0.3 is 10.2 Å². The third-order valence-corrected chi connectivity index (χ3v) is 8.31. The number of rotatable bonds is 11. The number of hydrogen-bond donors (Lipinski definition) is 1. The number of amides is 2. The average Bonchev–Trinajstić information content (AvgIpc) is 2.91. The maximum absolute atomic E-state index is 13.8. The minimum atomic E-state index is -4.22. The van der Waals surface area contributed by atoms with Crippen molar-refractivity contribution < 1.29 is 22.4 Å². The summed E-state index contributed by atoms with van der Waals surface area (Å²) in [6.45, 7) is 3.21. The van der Waals surface area contributed by atoms with Gasteiger partial charge in [-0.2, -0.15) is 0 Å². The third kappa shape index (κ3) is 7.24. The fraction of sp³-hybridized carbons (Fsp3) is 0.259. The van der Waals surface area contributed by atoms with Crippen molar-refractivity contribution in [2.24, 2.45) is 0 Å². The van der Waals surface area contributed by atoms with Gasteiger partial charge in [-0.15, -0.1) is 0 Å². The number of halogens is 3. The molecule has 0 radical (unpaired) electrons. The van der Waals surface area contributed by atoms with Gasteiger partial charge >= 0.3 is 0 Å². The Hall–Kier alpha value is -3.14. The molecule has 0 unspecified atom stereocenters. The Balaban J connectivity index is 2.02. The highest BCUT2D eigenvalue weighted by molar-refractivity contribution is 7.92. The fourth-order valence-corrected chi connectivity index (χ4v) is 5.37. The summed E-state index contributed by atoms with van der Waals surface area (Å²) in [6, 6.07) is 16.5. The van der Waals surface area contributed by atoms with Crippen molar-refractivity contribution in [1.82, 2.24) is 10.2 Å². The molecule has 202 valence electrons. The van der Waals surface area contributed by atoms with E-state index in [1.165, 1.54) is 59.5 Å². The number of hydrogen-bond acceptors (Lipinski definition) is 4. The number of benzene rings is 3. The number of anilines is 1. The normalized spacial score (nSPS) is 12.0. The fourth-order valence-electron chi connectivity index (χ4n) is 3.65. The van der Waals surface area contributed by atoms with Crippen LogP contribution in [0, 0.1) is 5.82 Å². The Kier molecular flexibility index (Phi) is 10.1. The lowest BCUT2D eigenvalue weighted by Crippen LogP contribution is -2.51. The van der Waals surface area contributed by atoms with Crippen LogP contribution in [0.2, 0.25) is 10.0 Å². The largest absolute Gasteiger partial charge is 0.354 e. The molecular formula is C27H28Cl2FN3O4S. The SMILES string of the molecule is CCCNC(=O)[C@@H](C)N(Cc1ccc(F)cc1)C(=O)CN(c1ccc(Cl)c(Cl)c1)S(=O)(=O)c1ccccc1. The molecule has 3 aromatic rings. The molecular weight excluding hydrogens is 552 g/mol. The molecule has 0 bridgehead atoms. The van der Waals surface area contributed by atoms with Crippen molar-refractivity contribution in [2.75, 3.05) is 17.4 Å². The Morgan fingerprint density at radius 3 is 2.24 bits per heavy atom. The summed E-state index contributed by atoms with van der Waals surface area (Å²) >= 11 is 12.2. The first-order chi connectivity index (χ1) is 18.0. The van der Waals surface area contributed by atoms with Crippen LogP contribution in [-0.2, 0) is 26.2 Å². The van der Waals surface area contributed by atoms with Crippen LogP contribution in [0.25, 0.3) is 0 Å². The first-order valence-corrected chi connectivity index (χ1v) is 14.1. The van der Waals surface area contributed by atoms with Crippen LogP contribution < -0.4 is 9.62 Å². The minimum Gasteiger partial charge on any atom is -0.354 e.